The van der Waals surface area contributed by atoms with Crippen molar-refractivity contribution in [3.05, 3.63) is 0 Å². The average Bonchev–Trinajstić information content (AvgIpc) is 2.37. The molecule has 0 radical (unpaired) electrons. The van der Waals surface area contributed by atoms with Gasteiger partial charge in [0.05, 0.1) is 5.75 Å². The number of sulfonamides is 1. The topological polar surface area (TPSA) is 49.4 Å². The van der Waals surface area contributed by atoms with Crippen LogP contribution in [0.5, 0.6) is 0 Å². The number of piperidine rings is 1. The van der Waals surface area contributed by atoms with Crippen LogP contribution in [-0.2, 0) is 10.0 Å². The summed E-state index contributed by atoms with van der Waals surface area (Å²) in [6, 6.07) is 1.01. The minimum Gasteiger partial charge on any atom is -0.311 e. The van der Waals surface area contributed by atoms with Crippen molar-refractivity contribution in [3.63, 3.8) is 0 Å². The minimum atomic E-state index is -3.00. The van der Waals surface area contributed by atoms with E-state index in [0.29, 0.717) is 31.6 Å². The molecule has 1 aliphatic heterocycles. The van der Waals surface area contributed by atoms with E-state index in [2.05, 4.69) is 26.1 Å². The third-order valence-electron chi connectivity index (χ3n) is 4.01. The Kier molecular flexibility index (Phi) is 7.48. The quantitative estimate of drug-likeness (QED) is 0.750. The fourth-order valence-corrected chi connectivity index (χ4v) is 4.30. The van der Waals surface area contributed by atoms with E-state index < -0.39 is 10.0 Å². The van der Waals surface area contributed by atoms with Crippen LogP contribution in [0.3, 0.4) is 0 Å². The molecule has 0 aromatic rings. The highest BCUT2D eigenvalue weighted by Crippen LogP contribution is 2.16. The van der Waals surface area contributed by atoms with E-state index in [1.54, 1.807) is 4.31 Å². The molecule has 1 fully saturated rings. The van der Waals surface area contributed by atoms with Gasteiger partial charge in [0.1, 0.15) is 0 Å². The molecule has 1 atom stereocenters. The molecular formula is C15H32N2O2S. The first-order valence-corrected chi connectivity index (χ1v) is 9.70. The molecule has 0 aromatic carbocycles. The zero-order chi connectivity index (χ0) is 15.2. The van der Waals surface area contributed by atoms with E-state index >= 15 is 0 Å². The number of hydrogen-bond acceptors (Lipinski definition) is 3. The predicted octanol–water partition coefficient (Wildman–Crippen LogP) is 2.60. The predicted molar refractivity (Wildman–Crippen MR) is 85.3 cm³/mol. The molecule has 0 aliphatic carbocycles. The first-order chi connectivity index (χ1) is 9.35. The molecule has 1 saturated heterocycles. The standard InChI is InChI=1S/C15H32N2O2S/c1-5-12-20(18,19)17-10-8-15(9-11-17)16-14(4)7-6-13(2)3/h13-16H,5-12H2,1-4H3. The first-order valence-electron chi connectivity index (χ1n) is 8.09. The molecule has 0 amide bonds. The van der Waals surface area contributed by atoms with Gasteiger partial charge in [-0.2, -0.15) is 0 Å². The van der Waals surface area contributed by atoms with E-state index in [9.17, 15) is 8.42 Å². The lowest BCUT2D eigenvalue weighted by atomic mass is 10.0. The summed E-state index contributed by atoms with van der Waals surface area (Å²) in [4.78, 5) is 0. The second kappa shape index (κ2) is 8.35. The summed E-state index contributed by atoms with van der Waals surface area (Å²) in [5.74, 6) is 1.04. The van der Waals surface area contributed by atoms with E-state index in [0.717, 1.165) is 18.8 Å². The van der Waals surface area contributed by atoms with Gasteiger partial charge in [-0.25, -0.2) is 12.7 Å². The van der Waals surface area contributed by atoms with Gasteiger partial charge in [0, 0.05) is 25.2 Å². The first kappa shape index (κ1) is 17.9. The van der Waals surface area contributed by atoms with Crippen molar-refractivity contribution in [1.29, 1.82) is 0 Å². The van der Waals surface area contributed by atoms with Crippen LogP contribution >= 0.6 is 0 Å². The van der Waals surface area contributed by atoms with Crippen LogP contribution in [0.15, 0.2) is 0 Å². The third kappa shape index (κ3) is 6.10. The molecule has 20 heavy (non-hydrogen) atoms. The van der Waals surface area contributed by atoms with Gasteiger partial charge in [0.25, 0.3) is 0 Å². The van der Waals surface area contributed by atoms with Crippen molar-refractivity contribution in [2.45, 2.75) is 71.9 Å². The van der Waals surface area contributed by atoms with Crippen molar-refractivity contribution in [1.82, 2.24) is 9.62 Å². The summed E-state index contributed by atoms with van der Waals surface area (Å²) >= 11 is 0. The number of nitrogens with zero attached hydrogens (tertiary/aromatic N) is 1. The monoisotopic (exact) mass is 304 g/mol. The van der Waals surface area contributed by atoms with E-state index in [1.807, 2.05) is 6.92 Å². The molecular weight excluding hydrogens is 272 g/mol. The molecule has 1 N–H and O–H groups in total. The molecule has 1 heterocycles. The number of nitrogens with one attached hydrogen (secondary N) is 1. The zero-order valence-corrected chi connectivity index (χ0v) is 14.4. The number of rotatable bonds is 8. The summed E-state index contributed by atoms with van der Waals surface area (Å²) in [5, 5.41) is 3.66. The SMILES string of the molecule is CCCS(=O)(=O)N1CCC(NC(C)CCC(C)C)CC1. The van der Waals surface area contributed by atoms with Crippen LogP contribution in [0.1, 0.15) is 59.8 Å². The summed E-state index contributed by atoms with van der Waals surface area (Å²) in [7, 11) is -3.00. The molecule has 1 unspecified atom stereocenters. The van der Waals surface area contributed by atoms with Crippen molar-refractivity contribution < 1.29 is 8.42 Å². The van der Waals surface area contributed by atoms with E-state index in [4.69, 9.17) is 0 Å². The summed E-state index contributed by atoms with van der Waals surface area (Å²) in [6.07, 6.45) is 5.03. The lowest BCUT2D eigenvalue weighted by Gasteiger charge is -2.33. The maximum atomic E-state index is 12.0. The summed E-state index contributed by atoms with van der Waals surface area (Å²) < 4.78 is 25.7. The van der Waals surface area contributed by atoms with E-state index in [-0.39, 0.29) is 5.75 Å². The average molecular weight is 305 g/mol. The Hall–Kier alpha value is -0.130. The van der Waals surface area contributed by atoms with Gasteiger partial charge in [-0.1, -0.05) is 20.8 Å². The molecule has 4 nitrogen and oxygen atoms in total. The van der Waals surface area contributed by atoms with Gasteiger partial charge < -0.3 is 5.32 Å². The fraction of sp³-hybridized carbons (Fsp3) is 1.00. The van der Waals surface area contributed by atoms with Gasteiger partial charge >= 0.3 is 0 Å². The molecule has 0 saturated carbocycles. The van der Waals surface area contributed by atoms with E-state index in [1.165, 1.54) is 12.8 Å². The molecule has 1 aliphatic rings. The second-order valence-corrected chi connectivity index (χ2v) is 8.62. The Morgan fingerprint density at radius 1 is 1.15 bits per heavy atom. The van der Waals surface area contributed by atoms with Gasteiger partial charge in [0.2, 0.25) is 10.0 Å². The van der Waals surface area contributed by atoms with Crippen molar-refractivity contribution in [2.24, 2.45) is 5.92 Å². The molecule has 0 spiro atoms. The third-order valence-corrected chi connectivity index (χ3v) is 6.08. The summed E-state index contributed by atoms with van der Waals surface area (Å²) in [6.45, 7) is 10.0. The normalized spacial score (nSPS) is 20.4. The Labute approximate surface area is 125 Å². The highest BCUT2D eigenvalue weighted by Gasteiger charge is 2.27. The van der Waals surface area contributed by atoms with Gasteiger partial charge in [-0.05, 0) is 44.9 Å². The van der Waals surface area contributed by atoms with Crippen LogP contribution < -0.4 is 5.32 Å². The highest BCUT2D eigenvalue weighted by molar-refractivity contribution is 7.89. The van der Waals surface area contributed by atoms with Crippen molar-refractivity contribution >= 4 is 10.0 Å². The smallest absolute Gasteiger partial charge is 0.214 e. The maximum absolute atomic E-state index is 12.0. The van der Waals surface area contributed by atoms with Crippen LogP contribution in [0, 0.1) is 5.92 Å². The largest absolute Gasteiger partial charge is 0.311 e. The molecule has 5 heteroatoms. The second-order valence-electron chi connectivity index (χ2n) is 6.53. The Morgan fingerprint density at radius 3 is 2.25 bits per heavy atom. The van der Waals surface area contributed by atoms with Gasteiger partial charge in [-0.15, -0.1) is 0 Å². The maximum Gasteiger partial charge on any atom is 0.214 e. The Morgan fingerprint density at radius 2 is 1.75 bits per heavy atom. The molecule has 0 bridgehead atoms. The molecule has 0 aromatic heterocycles. The minimum absolute atomic E-state index is 0.288. The van der Waals surface area contributed by atoms with Crippen LogP contribution in [0.4, 0.5) is 0 Å². The fourth-order valence-electron chi connectivity index (χ4n) is 2.76. The lowest BCUT2D eigenvalue weighted by Crippen LogP contribution is -2.47. The van der Waals surface area contributed by atoms with Gasteiger partial charge in [-0.3, -0.25) is 0 Å². The Balaban J connectivity index is 2.32. The number of hydrogen-bond donors (Lipinski definition) is 1. The highest BCUT2D eigenvalue weighted by atomic mass is 32.2. The van der Waals surface area contributed by atoms with Crippen molar-refractivity contribution in [3.8, 4) is 0 Å². The van der Waals surface area contributed by atoms with Gasteiger partial charge in [0.15, 0.2) is 0 Å². The Bertz CT molecular complexity index is 360. The molecule has 1 rings (SSSR count). The lowest BCUT2D eigenvalue weighted by molar-refractivity contribution is 0.270. The van der Waals surface area contributed by atoms with Crippen LogP contribution in [0.2, 0.25) is 0 Å². The van der Waals surface area contributed by atoms with Crippen LogP contribution in [0.25, 0.3) is 0 Å². The van der Waals surface area contributed by atoms with Crippen LogP contribution in [-0.4, -0.2) is 43.6 Å². The molecule has 120 valence electrons. The summed E-state index contributed by atoms with van der Waals surface area (Å²) in [5.41, 5.74) is 0. The van der Waals surface area contributed by atoms with Crippen molar-refractivity contribution in [2.75, 3.05) is 18.8 Å². The zero-order valence-electron chi connectivity index (χ0n) is 13.6.